The largest absolute Gasteiger partial charge is 0.330 e. The van der Waals surface area contributed by atoms with Crippen LogP contribution in [0.1, 0.15) is 30.7 Å². The average Bonchev–Trinajstić information content (AvgIpc) is 2.12. The second-order valence-corrected chi connectivity index (χ2v) is 3.90. The van der Waals surface area contributed by atoms with E-state index >= 15 is 0 Å². The molecule has 1 fully saturated rings. The Morgan fingerprint density at radius 1 is 1.46 bits per heavy atom. The van der Waals surface area contributed by atoms with Crippen molar-refractivity contribution in [3.63, 3.8) is 0 Å². The lowest BCUT2D eigenvalue weighted by molar-refractivity contribution is 0.251. The molecular formula is C11H16N2. The smallest absolute Gasteiger partial charge is 0.0302 e. The molecule has 0 saturated heterocycles. The zero-order valence-electron chi connectivity index (χ0n) is 7.82. The maximum Gasteiger partial charge on any atom is 0.0302 e. The molecule has 2 rings (SSSR count). The van der Waals surface area contributed by atoms with Gasteiger partial charge in [-0.15, -0.1) is 0 Å². The monoisotopic (exact) mass is 176 g/mol. The Balaban J connectivity index is 1.87. The van der Waals surface area contributed by atoms with Crippen molar-refractivity contribution in [1.29, 1.82) is 0 Å². The Morgan fingerprint density at radius 3 is 2.92 bits per heavy atom. The molecule has 1 aromatic rings. The van der Waals surface area contributed by atoms with Gasteiger partial charge in [0.15, 0.2) is 0 Å². The highest BCUT2D eigenvalue weighted by molar-refractivity contribution is 5.17. The fraction of sp³-hybridized carbons (Fsp3) is 0.545. The van der Waals surface area contributed by atoms with Gasteiger partial charge in [-0.1, -0.05) is 6.07 Å². The summed E-state index contributed by atoms with van der Waals surface area (Å²) in [6.45, 7) is 0.838. The van der Waals surface area contributed by atoms with E-state index in [1.165, 1.54) is 24.8 Å². The van der Waals surface area contributed by atoms with E-state index in [4.69, 9.17) is 5.73 Å². The molecular weight excluding hydrogens is 160 g/mol. The SMILES string of the molecule is NCCC1CC(c2cccnc2)C1. The van der Waals surface area contributed by atoms with Crippen LogP contribution in [0, 0.1) is 5.92 Å². The van der Waals surface area contributed by atoms with Crippen molar-refractivity contribution in [3.8, 4) is 0 Å². The molecule has 0 atom stereocenters. The van der Waals surface area contributed by atoms with E-state index in [9.17, 15) is 0 Å². The predicted octanol–water partition coefficient (Wildman–Crippen LogP) is 1.92. The fourth-order valence-corrected chi connectivity index (χ4v) is 2.10. The Morgan fingerprint density at radius 2 is 2.31 bits per heavy atom. The molecule has 0 radical (unpaired) electrons. The van der Waals surface area contributed by atoms with Gasteiger partial charge in [0.2, 0.25) is 0 Å². The molecule has 2 heteroatoms. The third-order valence-corrected chi connectivity index (χ3v) is 2.97. The van der Waals surface area contributed by atoms with Gasteiger partial charge in [-0.25, -0.2) is 0 Å². The van der Waals surface area contributed by atoms with Crippen LogP contribution in [0.4, 0.5) is 0 Å². The Bertz CT molecular complexity index is 252. The fourth-order valence-electron chi connectivity index (χ4n) is 2.10. The van der Waals surface area contributed by atoms with Crippen LogP contribution in [-0.4, -0.2) is 11.5 Å². The first kappa shape index (κ1) is 8.70. The maximum atomic E-state index is 5.51. The highest BCUT2D eigenvalue weighted by Crippen LogP contribution is 2.42. The summed E-state index contributed by atoms with van der Waals surface area (Å²) in [5.41, 5.74) is 6.91. The van der Waals surface area contributed by atoms with E-state index in [-0.39, 0.29) is 0 Å². The first-order chi connectivity index (χ1) is 6.40. The quantitative estimate of drug-likeness (QED) is 0.764. The summed E-state index contributed by atoms with van der Waals surface area (Å²) in [6.07, 6.45) is 7.63. The van der Waals surface area contributed by atoms with Gasteiger partial charge in [0.05, 0.1) is 0 Å². The lowest BCUT2D eigenvalue weighted by atomic mass is 9.70. The Hall–Kier alpha value is -0.890. The second kappa shape index (κ2) is 3.88. The number of rotatable bonds is 3. The summed E-state index contributed by atoms with van der Waals surface area (Å²) >= 11 is 0. The van der Waals surface area contributed by atoms with Gasteiger partial charge in [-0.05, 0) is 49.3 Å². The summed E-state index contributed by atoms with van der Waals surface area (Å²) in [6, 6.07) is 4.20. The first-order valence-electron chi connectivity index (χ1n) is 5.00. The van der Waals surface area contributed by atoms with E-state index in [0.717, 1.165) is 18.4 Å². The van der Waals surface area contributed by atoms with Crippen molar-refractivity contribution in [3.05, 3.63) is 30.1 Å². The molecule has 13 heavy (non-hydrogen) atoms. The molecule has 0 aliphatic heterocycles. The molecule has 0 aromatic carbocycles. The van der Waals surface area contributed by atoms with Crippen molar-refractivity contribution in [1.82, 2.24) is 4.98 Å². The molecule has 1 aliphatic carbocycles. The Kier molecular flexibility index (Phi) is 2.60. The number of nitrogens with two attached hydrogens (primary N) is 1. The van der Waals surface area contributed by atoms with Gasteiger partial charge >= 0.3 is 0 Å². The van der Waals surface area contributed by atoms with E-state index in [1.807, 2.05) is 18.5 Å². The van der Waals surface area contributed by atoms with Crippen molar-refractivity contribution in [2.75, 3.05) is 6.54 Å². The zero-order chi connectivity index (χ0) is 9.10. The van der Waals surface area contributed by atoms with Crippen molar-refractivity contribution in [2.24, 2.45) is 11.7 Å². The van der Waals surface area contributed by atoms with E-state index in [1.54, 1.807) is 0 Å². The third-order valence-electron chi connectivity index (χ3n) is 2.97. The second-order valence-electron chi connectivity index (χ2n) is 3.90. The number of aromatic nitrogens is 1. The molecule has 2 N–H and O–H groups in total. The number of nitrogens with zero attached hydrogens (tertiary/aromatic N) is 1. The number of hydrogen-bond acceptors (Lipinski definition) is 2. The number of hydrogen-bond donors (Lipinski definition) is 1. The highest BCUT2D eigenvalue weighted by atomic mass is 14.6. The van der Waals surface area contributed by atoms with Gasteiger partial charge in [-0.3, -0.25) is 4.98 Å². The third kappa shape index (κ3) is 1.89. The van der Waals surface area contributed by atoms with Crippen LogP contribution >= 0.6 is 0 Å². The van der Waals surface area contributed by atoms with Crippen LogP contribution in [0.5, 0.6) is 0 Å². The molecule has 1 aromatic heterocycles. The maximum absolute atomic E-state index is 5.51. The molecule has 2 nitrogen and oxygen atoms in total. The van der Waals surface area contributed by atoms with Crippen LogP contribution in [0.3, 0.4) is 0 Å². The van der Waals surface area contributed by atoms with Crippen LogP contribution in [0.25, 0.3) is 0 Å². The molecule has 1 saturated carbocycles. The molecule has 0 unspecified atom stereocenters. The lowest BCUT2D eigenvalue weighted by Crippen LogP contribution is -2.24. The molecule has 1 heterocycles. The minimum absolute atomic E-state index is 0.755. The average molecular weight is 176 g/mol. The topological polar surface area (TPSA) is 38.9 Å². The van der Waals surface area contributed by atoms with Gasteiger partial charge in [0.25, 0.3) is 0 Å². The van der Waals surface area contributed by atoms with Crippen molar-refractivity contribution >= 4 is 0 Å². The van der Waals surface area contributed by atoms with Crippen molar-refractivity contribution in [2.45, 2.75) is 25.2 Å². The zero-order valence-corrected chi connectivity index (χ0v) is 7.82. The summed E-state index contributed by atoms with van der Waals surface area (Å²) in [4.78, 5) is 4.13. The minimum Gasteiger partial charge on any atom is -0.330 e. The lowest BCUT2D eigenvalue weighted by Gasteiger charge is -2.35. The van der Waals surface area contributed by atoms with E-state index in [0.29, 0.717) is 0 Å². The van der Waals surface area contributed by atoms with Crippen LogP contribution in [0.2, 0.25) is 0 Å². The van der Waals surface area contributed by atoms with E-state index < -0.39 is 0 Å². The standard InChI is InChI=1S/C11H16N2/c12-4-3-9-6-11(7-9)10-2-1-5-13-8-10/h1-2,5,8-9,11H,3-4,6-7,12H2. The van der Waals surface area contributed by atoms with Gasteiger partial charge in [0, 0.05) is 12.4 Å². The molecule has 70 valence electrons. The van der Waals surface area contributed by atoms with Gasteiger partial charge < -0.3 is 5.73 Å². The van der Waals surface area contributed by atoms with Gasteiger partial charge in [-0.2, -0.15) is 0 Å². The molecule has 0 amide bonds. The number of pyridine rings is 1. The Labute approximate surface area is 79.2 Å². The van der Waals surface area contributed by atoms with Crippen LogP contribution in [-0.2, 0) is 0 Å². The van der Waals surface area contributed by atoms with Crippen LogP contribution < -0.4 is 5.73 Å². The summed E-state index contributed by atoms with van der Waals surface area (Å²) < 4.78 is 0. The first-order valence-corrected chi connectivity index (χ1v) is 5.00. The molecule has 0 spiro atoms. The van der Waals surface area contributed by atoms with E-state index in [2.05, 4.69) is 11.1 Å². The summed E-state index contributed by atoms with van der Waals surface area (Å²) in [5.74, 6) is 1.63. The van der Waals surface area contributed by atoms with Gasteiger partial charge in [0.1, 0.15) is 0 Å². The highest BCUT2D eigenvalue weighted by Gasteiger charge is 2.29. The minimum atomic E-state index is 0.755. The predicted molar refractivity (Wildman–Crippen MR) is 53.4 cm³/mol. The molecule has 0 bridgehead atoms. The normalized spacial score (nSPS) is 26.8. The van der Waals surface area contributed by atoms with Crippen molar-refractivity contribution < 1.29 is 0 Å². The van der Waals surface area contributed by atoms with Crippen LogP contribution in [0.15, 0.2) is 24.5 Å². The molecule has 1 aliphatic rings. The summed E-state index contributed by atoms with van der Waals surface area (Å²) in [5, 5.41) is 0. The summed E-state index contributed by atoms with van der Waals surface area (Å²) in [7, 11) is 0.